The summed E-state index contributed by atoms with van der Waals surface area (Å²) in [6.45, 7) is 2.85. The van der Waals surface area contributed by atoms with E-state index in [1.807, 2.05) is 0 Å². The lowest BCUT2D eigenvalue weighted by molar-refractivity contribution is -0.148. The molecular formula is C12H14FNO4. The molecule has 0 aliphatic heterocycles. The van der Waals surface area contributed by atoms with Crippen LogP contribution in [0.5, 0.6) is 5.75 Å². The highest BCUT2D eigenvalue weighted by Crippen LogP contribution is 2.23. The second-order valence-corrected chi connectivity index (χ2v) is 4.58. The highest BCUT2D eigenvalue weighted by molar-refractivity contribution is 5.94. The van der Waals surface area contributed by atoms with Crippen molar-refractivity contribution in [2.45, 2.75) is 20.3 Å². The van der Waals surface area contributed by atoms with Crippen LogP contribution in [-0.4, -0.2) is 22.1 Å². The topological polar surface area (TPSA) is 86.6 Å². The quantitative estimate of drug-likeness (QED) is 0.718. The fourth-order valence-electron chi connectivity index (χ4n) is 1.27. The molecule has 0 bridgehead atoms. The van der Waals surface area contributed by atoms with Crippen molar-refractivity contribution in [1.82, 2.24) is 0 Å². The number of halogens is 1. The maximum Gasteiger partial charge on any atom is 0.309 e. The molecule has 1 aromatic carbocycles. The number of anilines is 1. The van der Waals surface area contributed by atoms with Gasteiger partial charge < -0.3 is 15.5 Å². The van der Waals surface area contributed by atoms with Crippen molar-refractivity contribution in [2.24, 2.45) is 5.41 Å². The lowest BCUT2D eigenvalue weighted by Gasteiger charge is -2.18. The van der Waals surface area contributed by atoms with E-state index in [9.17, 15) is 14.0 Å². The molecule has 0 saturated heterocycles. The number of aliphatic carboxylic acids is 1. The molecule has 0 atom stereocenters. The summed E-state index contributed by atoms with van der Waals surface area (Å²) in [5.74, 6) is -2.99. The maximum absolute atomic E-state index is 13.0. The number of aromatic hydroxyl groups is 1. The van der Waals surface area contributed by atoms with Crippen molar-refractivity contribution in [1.29, 1.82) is 0 Å². The zero-order valence-corrected chi connectivity index (χ0v) is 10.0. The number of hydrogen-bond donors (Lipinski definition) is 3. The SMILES string of the molecule is CC(C)(CC(=O)Nc1ccc(O)c(F)c1)C(=O)O. The first-order chi connectivity index (χ1) is 8.22. The number of amides is 1. The first-order valence-corrected chi connectivity index (χ1v) is 5.24. The summed E-state index contributed by atoms with van der Waals surface area (Å²) in [6.07, 6.45) is -0.231. The van der Waals surface area contributed by atoms with Gasteiger partial charge in [0, 0.05) is 18.2 Å². The first kappa shape index (κ1) is 14.0. The van der Waals surface area contributed by atoms with Crippen LogP contribution in [0.1, 0.15) is 20.3 Å². The lowest BCUT2D eigenvalue weighted by atomic mass is 9.89. The third kappa shape index (κ3) is 3.44. The molecule has 5 nitrogen and oxygen atoms in total. The molecule has 0 saturated carbocycles. The van der Waals surface area contributed by atoms with Gasteiger partial charge in [0.15, 0.2) is 11.6 Å². The van der Waals surface area contributed by atoms with Crippen LogP contribution in [0.25, 0.3) is 0 Å². The number of phenols is 1. The van der Waals surface area contributed by atoms with Gasteiger partial charge in [0.1, 0.15) is 0 Å². The van der Waals surface area contributed by atoms with Crippen molar-refractivity contribution >= 4 is 17.6 Å². The molecule has 0 unspecified atom stereocenters. The maximum atomic E-state index is 13.0. The van der Waals surface area contributed by atoms with Crippen LogP contribution in [0.4, 0.5) is 10.1 Å². The molecule has 6 heteroatoms. The van der Waals surface area contributed by atoms with Gasteiger partial charge in [0.2, 0.25) is 5.91 Å². The average Bonchev–Trinajstić information content (AvgIpc) is 2.22. The Hall–Kier alpha value is -2.11. The standard InChI is InChI=1S/C12H14FNO4/c1-12(2,11(17)18)6-10(16)14-7-3-4-9(15)8(13)5-7/h3-5,15H,6H2,1-2H3,(H,14,16)(H,17,18). The van der Waals surface area contributed by atoms with Gasteiger partial charge in [0.25, 0.3) is 0 Å². The van der Waals surface area contributed by atoms with Crippen molar-refractivity contribution < 1.29 is 24.2 Å². The third-order valence-corrected chi connectivity index (χ3v) is 2.41. The average molecular weight is 255 g/mol. The van der Waals surface area contributed by atoms with E-state index in [-0.39, 0.29) is 12.1 Å². The molecule has 0 fully saturated rings. The van der Waals surface area contributed by atoms with E-state index >= 15 is 0 Å². The van der Waals surface area contributed by atoms with Crippen molar-refractivity contribution in [3.63, 3.8) is 0 Å². The minimum absolute atomic E-state index is 0.163. The Bertz CT molecular complexity index is 485. The fourth-order valence-corrected chi connectivity index (χ4v) is 1.27. The number of carboxylic acid groups (broad SMARTS) is 1. The number of hydrogen-bond acceptors (Lipinski definition) is 3. The van der Waals surface area contributed by atoms with Gasteiger partial charge in [-0.2, -0.15) is 0 Å². The molecule has 0 aromatic heterocycles. The molecular weight excluding hydrogens is 241 g/mol. The van der Waals surface area contributed by atoms with Crippen molar-refractivity contribution in [2.75, 3.05) is 5.32 Å². The molecule has 0 aliphatic carbocycles. The predicted molar refractivity (Wildman–Crippen MR) is 62.7 cm³/mol. The summed E-state index contributed by atoms with van der Waals surface area (Å²) in [5, 5.41) is 20.2. The van der Waals surface area contributed by atoms with Crippen LogP contribution in [0.15, 0.2) is 18.2 Å². The van der Waals surface area contributed by atoms with E-state index in [0.717, 1.165) is 12.1 Å². The van der Waals surface area contributed by atoms with E-state index < -0.39 is 28.9 Å². The van der Waals surface area contributed by atoms with Crippen LogP contribution in [0.3, 0.4) is 0 Å². The molecule has 1 amide bonds. The Morgan fingerprint density at radius 2 is 2.00 bits per heavy atom. The second kappa shape index (κ2) is 5.03. The number of phenolic OH excluding ortho intramolecular Hbond substituents is 1. The van der Waals surface area contributed by atoms with Gasteiger partial charge in [-0.05, 0) is 26.0 Å². The second-order valence-electron chi connectivity index (χ2n) is 4.58. The smallest absolute Gasteiger partial charge is 0.309 e. The number of rotatable bonds is 4. The van der Waals surface area contributed by atoms with Gasteiger partial charge >= 0.3 is 5.97 Å². The highest BCUT2D eigenvalue weighted by atomic mass is 19.1. The molecule has 1 aromatic rings. The van der Waals surface area contributed by atoms with Crippen molar-refractivity contribution in [3.8, 4) is 5.75 Å². The number of carboxylic acids is 1. The Labute approximate surface area is 103 Å². The van der Waals surface area contributed by atoms with E-state index in [4.69, 9.17) is 10.2 Å². The lowest BCUT2D eigenvalue weighted by Crippen LogP contribution is -2.29. The molecule has 1 rings (SSSR count). The summed E-state index contributed by atoms with van der Waals surface area (Å²) in [5.41, 5.74) is -1.03. The molecule has 18 heavy (non-hydrogen) atoms. The van der Waals surface area contributed by atoms with E-state index in [0.29, 0.717) is 0 Å². The molecule has 0 heterocycles. The van der Waals surface area contributed by atoms with Gasteiger partial charge in [-0.3, -0.25) is 9.59 Å². The highest BCUT2D eigenvalue weighted by Gasteiger charge is 2.30. The van der Waals surface area contributed by atoms with E-state index in [2.05, 4.69) is 5.32 Å². The van der Waals surface area contributed by atoms with Crippen LogP contribution in [0, 0.1) is 11.2 Å². The van der Waals surface area contributed by atoms with Crippen LogP contribution in [-0.2, 0) is 9.59 Å². The summed E-state index contributed by atoms with van der Waals surface area (Å²) in [4.78, 5) is 22.4. The Morgan fingerprint density at radius 3 is 2.50 bits per heavy atom. The first-order valence-electron chi connectivity index (χ1n) is 5.24. The molecule has 0 aliphatic rings. The minimum atomic E-state index is -1.19. The Kier molecular flexibility index (Phi) is 3.90. The van der Waals surface area contributed by atoms with E-state index in [1.54, 1.807) is 0 Å². The number of benzene rings is 1. The predicted octanol–water partition coefficient (Wildman–Crippen LogP) is 1.97. The Morgan fingerprint density at radius 1 is 1.39 bits per heavy atom. The fraction of sp³-hybridized carbons (Fsp3) is 0.333. The molecule has 0 spiro atoms. The molecule has 3 N–H and O–H groups in total. The van der Waals surface area contributed by atoms with Gasteiger partial charge in [-0.25, -0.2) is 4.39 Å². The summed E-state index contributed by atoms with van der Waals surface area (Å²) >= 11 is 0. The van der Waals surface area contributed by atoms with Crippen LogP contribution >= 0.6 is 0 Å². The summed E-state index contributed by atoms with van der Waals surface area (Å²) in [7, 11) is 0. The summed E-state index contributed by atoms with van der Waals surface area (Å²) in [6, 6.07) is 3.39. The number of carbonyl (C=O) groups excluding carboxylic acids is 1. The summed E-state index contributed by atoms with van der Waals surface area (Å²) < 4.78 is 13.0. The third-order valence-electron chi connectivity index (χ3n) is 2.41. The molecule has 98 valence electrons. The largest absolute Gasteiger partial charge is 0.505 e. The monoisotopic (exact) mass is 255 g/mol. The van der Waals surface area contributed by atoms with Crippen LogP contribution in [0.2, 0.25) is 0 Å². The van der Waals surface area contributed by atoms with Gasteiger partial charge in [0.05, 0.1) is 5.41 Å². The van der Waals surface area contributed by atoms with Crippen molar-refractivity contribution in [3.05, 3.63) is 24.0 Å². The minimum Gasteiger partial charge on any atom is -0.505 e. The number of carbonyl (C=O) groups is 2. The zero-order valence-electron chi connectivity index (χ0n) is 10.0. The normalized spacial score (nSPS) is 11.1. The zero-order chi connectivity index (χ0) is 13.9. The van der Waals surface area contributed by atoms with E-state index in [1.165, 1.54) is 19.9 Å². The van der Waals surface area contributed by atoms with Gasteiger partial charge in [-0.1, -0.05) is 0 Å². The number of nitrogens with one attached hydrogen (secondary N) is 1. The Balaban J connectivity index is 2.71. The van der Waals surface area contributed by atoms with Gasteiger partial charge in [-0.15, -0.1) is 0 Å². The van der Waals surface area contributed by atoms with Crippen LogP contribution < -0.4 is 5.32 Å². The molecule has 0 radical (unpaired) electrons.